The Kier molecular flexibility index (Phi) is 8.53. The van der Waals surface area contributed by atoms with Gasteiger partial charge in [-0.2, -0.15) is 0 Å². The Morgan fingerprint density at radius 2 is 1.70 bits per heavy atom. The van der Waals surface area contributed by atoms with Crippen molar-refractivity contribution in [3.05, 3.63) is 65.7 Å². The van der Waals surface area contributed by atoms with Gasteiger partial charge in [0.05, 0.1) is 25.1 Å². The molecule has 1 aliphatic rings. The molecule has 0 aromatic heterocycles. The van der Waals surface area contributed by atoms with Gasteiger partial charge in [0.15, 0.2) is 0 Å². The van der Waals surface area contributed by atoms with Crippen LogP contribution in [-0.2, 0) is 4.74 Å². The van der Waals surface area contributed by atoms with E-state index in [0.29, 0.717) is 5.25 Å². The Balaban J connectivity index is 1.62. The van der Waals surface area contributed by atoms with E-state index in [1.807, 2.05) is 11.8 Å². The molecule has 27 heavy (non-hydrogen) atoms. The Morgan fingerprint density at radius 3 is 2.41 bits per heavy atom. The molecule has 0 aliphatic carbocycles. The molecule has 2 aromatic carbocycles. The molecule has 1 atom stereocenters. The highest BCUT2D eigenvalue weighted by atomic mass is 32.2. The van der Waals surface area contributed by atoms with Crippen LogP contribution in [-0.4, -0.2) is 50.1 Å². The quantitative estimate of drug-likeness (QED) is 0.535. The van der Waals surface area contributed by atoms with Crippen molar-refractivity contribution >= 4 is 11.8 Å². The lowest BCUT2D eigenvalue weighted by molar-refractivity contribution is 0.0410. The fourth-order valence-corrected chi connectivity index (χ4v) is 4.51. The van der Waals surface area contributed by atoms with Crippen LogP contribution in [0.1, 0.15) is 36.1 Å². The van der Waals surface area contributed by atoms with Crippen LogP contribution in [0, 0.1) is 0 Å². The standard InChI is InChI=1S/C23H31NO2S/c1-2-3-16-26-22-11-9-21(10-12-22)23(20-7-5-4-6-8-20)27-19-15-24-13-17-25-18-14-24/h4-12,23H,2-3,13-19H2,1H3. The Bertz CT molecular complexity index is 641. The molecule has 1 unspecified atom stereocenters. The fourth-order valence-electron chi connectivity index (χ4n) is 3.21. The minimum Gasteiger partial charge on any atom is -0.494 e. The van der Waals surface area contributed by atoms with E-state index >= 15 is 0 Å². The summed E-state index contributed by atoms with van der Waals surface area (Å²) < 4.78 is 11.3. The van der Waals surface area contributed by atoms with E-state index in [2.05, 4.69) is 66.4 Å². The van der Waals surface area contributed by atoms with Crippen LogP contribution in [0.25, 0.3) is 0 Å². The molecule has 1 fully saturated rings. The van der Waals surface area contributed by atoms with Gasteiger partial charge in [0.2, 0.25) is 0 Å². The van der Waals surface area contributed by atoms with E-state index in [-0.39, 0.29) is 0 Å². The zero-order chi connectivity index (χ0) is 18.7. The second-order valence-corrected chi connectivity index (χ2v) is 8.10. The highest BCUT2D eigenvalue weighted by Crippen LogP contribution is 2.36. The molecular weight excluding hydrogens is 354 g/mol. The molecule has 1 saturated heterocycles. The predicted octanol–water partition coefficient (Wildman–Crippen LogP) is 5.02. The van der Waals surface area contributed by atoms with Crippen molar-refractivity contribution in [1.29, 1.82) is 0 Å². The summed E-state index contributed by atoms with van der Waals surface area (Å²) in [6.07, 6.45) is 2.26. The monoisotopic (exact) mass is 385 g/mol. The van der Waals surface area contributed by atoms with Crippen LogP contribution in [0.4, 0.5) is 0 Å². The third kappa shape index (κ3) is 6.56. The molecule has 146 valence electrons. The van der Waals surface area contributed by atoms with Crippen molar-refractivity contribution in [3.8, 4) is 5.75 Å². The second kappa shape index (κ2) is 11.4. The van der Waals surface area contributed by atoms with Crippen LogP contribution in [0.15, 0.2) is 54.6 Å². The molecule has 3 rings (SSSR count). The number of hydrogen-bond donors (Lipinski definition) is 0. The number of benzene rings is 2. The molecule has 4 heteroatoms. The SMILES string of the molecule is CCCCOc1ccc(C(SCCN2CCOCC2)c2ccccc2)cc1. The molecule has 0 N–H and O–H groups in total. The van der Waals surface area contributed by atoms with Crippen molar-refractivity contribution < 1.29 is 9.47 Å². The lowest BCUT2D eigenvalue weighted by Crippen LogP contribution is -2.37. The summed E-state index contributed by atoms with van der Waals surface area (Å²) in [6.45, 7) is 7.95. The van der Waals surface area contributed by atoms with E-state index in [0.717, 1.165) is 63.8 Å². The average molecular weight is 386 g/mol. The van der Waals surface area contributed by atoms with Crippen LogP contribution >= 0.6 is 11.8 Å². The Hall–Kier alpha value is -1.49. The van der Waals surface area contributed by atoms with Gasteiger partial charge in [0.25, 0.3) is 0 Å². The molecule has 0 saturated carbocycles. The number of nitrogens with zero attached hydrogens (tertiary/aromatic N) is 1. The van der Waals surface area contributed by atoms with Gasteiger partial charge in [0.1, 0.15) is 5.75 Å². The Morgan fingerprint density at radius 1 is 1.00 bits per heavy atom. The highest BCUT2D eigenvalue weighted by molar-refractivity contribution is 7.99. The normalized spacial score (nSPS) is 16.2. The molecule has 0 radical (unpaired) electrons. The van der Waals surface area contributed by atoms with Gasteiger partial charge < -0.3 is 9.47 Å². The summed E-state index contributed by atoms with van der Waals surface area (Å²) in [5.74, 6) is 2.09. The third-order valence-electron chi connectivity index (χ3n) is 4.85. The minimum absolute atomic E-state index is 0.358. The lowest BCUT2D eigenvalue weighted by Gasteiger charge is -2.27. The Labute approximate surface area is 168 Å². The van der Waals surface area contributed by atoms with Crippen LogP contribution < -0.4 is 4.74 Å². The lowest BCUT2D eigenvalue weighted by atomic mass is 10.0. The molecular formula is C23H31NO2S. The topological polar surface area (TPSA) is 21.7 Å². The van der Waals surface area contributed by atoms with Gasteiger partial charge in [-0.1, -0.05) is 55.8 Å². The number of ether oxygens (including phenoxy) is 2. The van der Waals surface area contributed by atoms with Crippen molar-refractivity contribution in [2.24, 2.45) is 0 Å². The van der Waals surface area contributed by atoms with E-state index in [9.17, 15) is 0 Å². The van der Waals surface area contributed by atoms with Gasteiger partial charge in [-0.05, 0) is 29.7 Å². The first-order valence-electron chi connectivity index (χ1n) is 10.1. The van der Waals surface area contributed by atoms with Gasteiger partial charge in [-0.3, -0.25) is 4.90 Å². The molecule has 1 heterocycles. The molecule has 0 spiro atoms. The summed E-state index contributed by atoms with van der Waals surface area (Å²) >= 11 is 2.03. The van der Waals surface area contributed by atoms with Gasteiger partial charge in [-0.15, -0.1) is 11.8 Å². The number of hydrogen-bond acceptors (Lipinski definition) is 4. The van der Waals surface area contributed by atoms with Gasteiger partial charge in [-0.25, -0.2) is 0 Å². The average Bonchev–Trinajstić information content (AvgIpc) is 2.74. The number of thioether (sulfide) groups is 1. The largest absolute Gasteiger partial charge is 0.494 e. The summed E-state index contributed by atoms with van der Waals surface area (Å²) in [7, 11) is 0. The van der Waals surface area contributed by atoms with Crippen molar-refractivity contribution in [3.63, 3.8) is 0 Å². The van der Waals surface area contributed by atoms with E-state index in [1.165, 1.54) is 11.1 Å². The molecule has 1 aliphatic heterocycles. The maximum absolute atomic E-state index is 5.82. The van der Waals surface area contributed by atoms with E-state index in [1.54, 1.807) is 0 Å². The minimum atomic E-state index is 0.358. The van der Waals surface area contributed by atoms with E-state index in [4.69, 9.17) is 9.47 Å². The highest BCUT2D eigenvalue weighted by Gasteiger charge is 2.16. The zero-order valence-corrected chi connectivity index (χ0v) is 17.1. The van der Waals surface area contributed by atoms with Crippen molar-refractivity contribution in [2.45, 2.75) is 25.0 Å². The zero-order valence-electron chi connectivity index (χ0n) is 16.3. The number of rotatable bonds is 10. The van der Waals surface area contributed by atoms with Crippen molar-refractivity contribution in [2.75, 3.05) is 45.2 Å². The fraction of sp³-hybridized carbons (Fsp3) is 0.478. The van der Waals surface area contributed by atoms with Crippen LogP contribution in [0.3, 0.4) is 0 Å². The van der Waals surface area contributed by atoms with Crippen LogP contribution in [0.5, 0.6) is 5.75 Å². The van der Waals surface area contributed by atoms with Crippen LogP contribution in [0.2, 0.25) is 0 Å². The molecule has 2 aromatic rings. The molecule has 0 amide bonds. The smallest absolute Gasteiger partial charge is 0.119 e. The summed E-state index contributed by atoms with van der Waals surface area (Å²) in [5.41, 5.74) is 2.71. The first-order valence-corrected chi connectivity index (χ1v) is 11.1. The molecule has 0 bridgehead atoms. The summed E-state index contributed by atoms with van der Waals surface area (Å²) in [5, 5.41) is 0.358. The number of morpholine rings is 1. The first kappa shape index (κ1) is 20.2. The van der Waals surface area contributed by atoms with Crippen molar-refractivity contribution in [1.82, 2.24) is 4.90 Å². The second-order valence-electron chi connectivity index (χ2n) is 6.89. The van der Waals surface area contributed by atoms with Gasteiger partial charge in [0, 0.05) is 25.4 Å². The first-order chi connectivity index (χ1) is 13.4. The summed E-state index contributed by atoms with van der Waals surface area (Å²) in [4.78, 5) is 2.50. The predicted molar refractivity (Wildman–Crippen MR) is 115 cm³/mol. The molecule has 3 nitrogen and oxygen atoms in total. The maximum atomic E-state index is 5.82. The van der Waals surface area contributed by atoms with Gasteiger partial charge >= 0.3 is 0 Å². The summed E-state index contributed by atoms with van der Waals surface area (Å²) in [6, 6.07) is 19.5. The maximum Gasteiger partial charge on any atom is 0.119 e. The third-order valence-corrected chi connectivity index (χ3v) is 6.14. The number of unbranched alkanes of at least 4 members (excludes halogenated alkanes) is 1. The van der Waals surface area contributed by atoms with E-state index < -0.39 is 0 Å².